The van der Waals surface area contributed by atoms with Crippen molar-refractivity contribution < 1.29 is 32.6 Å². The Morgan fingerprint density at radius 2 is 1.82 bits per heavy atom. The third-order valence-corrected chi connectivity index (χ3v) is 7.82. The highest BCUT2D eigenvalue weighted by Gasteiger charge is 2.25. The number of carbonyl (C=O) groups is 1. The van der Waals surface area contributed by atoms with E-state index in [1.54, 1.807) is 7.11 Å². The number of phenolic OH excluding ortho intramolecular Hbond substituents is 1. The number of rotatable bonds is 17. The van der Waals surface area contributed by atoms with Gasteiger partial charge in [-0.25, -0.2) is 17.1 Å². The maximum Gasteiger partial charge on any atom is 0.221 e. The van der Waals surface area contributed by atoms with Gasteiger partial charge in [0.05, 0.1) is 25.0 Å². The Labute approximate surface area is 225 Å². The zero-order chi connectivity index (χ0) is 28.1. The smallest absolute Gasteiger partial charge is 0.221 e. The van der Waals surface area contributed by atoms with E-state index in [9.17, 15) is 27.8 Å². The predicted molar refractivity (Wildman–Crippen MR) is 145 cm³/mol. The predicted octanol–water partition coefficient (Wildman–Crippen LogP) is 2.56. The molecule has 2 rings (SSSR count). The normalized spacial score (nSPS) is 13.3. The molecular weight excluding hydrogens is 513 g/mol. The first-order chi connectivity index (χ1) is 18.1. The summed E-state index contributed by atoms with van der Waals surface area (Å²) in [5.74, 6) is -1.11. The molecule has 11 heteroatoms. The third kappa shape index (κ3) is 10.6. The first-order valence-electron chi connectivity index (χ1n) is 12.8. The van der Waals surface area contributed by atoms with Crippen LogP contribution in [-0.4, -0.2) is 73.5 Å². The van der Waals surface area contributed by atoms with Crippen molar-refractivity contribution in [3.8, 4) is 11.5 Å². The van der Waals surface area contributed by atoms with Crippen LogP contribution in [0, 0.1) is 5.82 Å². The van der Waals surface area contributed by atoms with Gasteiger partial charge in [-0.3, -0.25) is 4.79 Å². The summed E-state index contributed by atoms with van der Waals surface area (Å²) in [6, 6.07) is 10.1. The van der Waals surface area contributed by atoms with E-state index in [1.165, 1.54) is 16.4 Å². The van der Waals surface area contributed by atoms with Crippen molar-refractivity contribution in [2.75, 3.05) is 32.5 Å². The molecule has 212 valence electrons. The van der Waals surface area contributed by atoms with Crippen LogP contribution in [0.25, 0.3) is 0 Å². The molecule has 0 bridgehead atoms. The van der Waals surface area contributed by atoms with Crippen molar-refractivity contribution in [3.05, 3.63) is 59.4 Å². The number of hydrogen-bond acceptors (Lipinski definition) is 7. The van der Waals surface area contributed by atoms with E-state index < -0.39 is 33.9 Å². The van der Waals surface area contributed by atoms with Crippen molar-refractivity contribution in [2.24, 2.45) is 0 Å². The van der Waals surface area contributed by atoms with Crippen LogP contribution in [0.15, 0.2) is 42.5 Å². The number of hydrogen-bond donors (Lipinski definition) is 4. The molecule has 2 atom stereocenters. The molecule has 4 N–H and O–H groups in total. The highest BCUT2D eigenvalue weighted by Crippen LogP contribution is 2.17. The Morgan fingerprint density at radius 1 is 1.11 bits per heavy atom. The summed E-state index contributed by atoms with van der Waals surface area (Å²) in [6.07, 6.45) is 0.0135. The first kappa shape index (κ1) is 31.5. The first-order valence-corrected chi connectivity index (χ1v) is 14.5. The number of phenols is 1. The highest BCUT2D eigenvalue weighted by molar-refractivity contribution is 7.89. The quantitative estimate of drug-likeness (QED) is 0.237. The number of sulfonamides is 1. The summed E-state index contributed by atoms with van der Waals surface area (Å²) < 4.78 is 45.9. The van der Waals surface area contributed by atoms with E-state index in [0.29, 0.717) is 43.8 Å². The maximum atomic E-state index is 13.8. The average Bonchev–Trinajstić information content (AvgIpc) is 2.86. The molecule has 38 heavy (non-hydrogen) atoms. The minimum absolute atomic E-state index is 0.0314. The number of halogens is 1. The fraction of sp³-hybridized carbons (Fsp3) is 0.519. The fourth-order valence-electron chi connectivity index (χ4n) is 4.10. The molecule has 0 aliphatic rings. The second-order valence-electron chi connectivity index (χ2n) is 9.21. The molecule has 0 saturated carbocycles. The third-order valence-electron chi connectivity index (χ3n) is 5.95. The van der Waals surface area contributed by atoms with Crippen LogP contribution in [0.4, 0.5) is 4.39 Å². The van der Waals surface area contributed by atoms with Gasteiger partial charge in [-0.05, 0) is 54.7 Å². The monoisotopic (exact) mass is 553 g/mol. The van der Waals surface area contributed by atoms with Crippen molar-refractivity contribution >= 4 is 15.9 Å². The van der Waals surface area contributed by atoms with Gasteiger partial charge < -0.3 is 25.6 Å². The molecule has 9 nitrogen and oxygen atoms in total. The molecule has 0 aromatic heterocycles. The lowest BCUT2D eigenvalue weighted by Gasteiger charge is -2.25. The van der Waals surface area contributed by atoms with Gasteiger partial charge in [0.1, 0.15) is 17.3 Å². The SMILES string of the molecule is CCCN(CCC)S(=O)(=O)CCC(=O)N[C@@H](Cc1cc(O)cc(F)c1)[C@H](O)CNCc1cccc(OC)c1. The van der Waals surface area contributed by atoms with E-state index in [4.69, 9.17) is 4.74 Å². The van der Waals surface area contributed by atoms with Gasteiger partial charge in [-0.1, -0.05) is 26.0 Å². The number of aliphatic hydroxyl groups excluding tert-OH is 1. The fourth-order valence-corrected chi connectivity index (χ4v) is 5.72. The number of nitrogens with one attached hydrogen (secondary N) is 2. The number of carbonyl (C=O) groups excluding carboxylic acids is 1. The second-order valence-corrected chi connectivity index (χ2v) is 11.3. The van der Waals surface area contributed by atoms with Crippen molar-refractivity contribution in [1.29, 1.82) is 0 Å². The molecule has 0 unspecified atom stereocenters. The van der Waals surface area contributed by atoms with E-state index in [-0.39, 0.29) is 30.9 Å². The van der Waals surface area contributed by atoms with Gasteiger partial charge in [0.25, 0.3) is 0 Å². The number of aromatic hydroxyl groups is 1. The summed E-state index contributed by atoms with van der Waals surface area (Å²) in [7, 11) is -2.04. The lowest BCUT2D eigenvalue weighted by molar-refractivity contribution is -0.122. The Morgan fingerprint density at radius 3 is 2.45 bits per heavy atom. The lowest BCUT2D eigenvalue weighted by atomic mass is 10.00. The van der Waals surface area contributed by atoms with Gasteiger partial charge in [0.15, 0.2) is 0 Å². The van der Waals surface area contributed by atoms with Crippen LogP contribution in [0.5, 0.6) is 11.5 Å². The molecule has 0 spiro atoms. The largest absolute Gasteiger partial charge is 0.508 e. The van der Waals surface area contributed by atoms with E-state index in [1.807, 2.05) is 38.1 Å². The Kier molecular flexibility index (Phi) is 12.9. The van der Waals surface area contributed by atoms with E-state index >= 15 is 0 Å². The number of ether oxygens (including phenoxy) is 1. The Hall–Kier alpha value is -2.73. The average molecular weight is 554 g/mol. The van der Waals surface area contributed by atoms with Crippen molar-refractivity contribution in [1.82, 2.24) is 14.9 Å². The van der Waals surface area contributed by atoms with Gasteiger partial charge in [0.2, 0.25) is 15.9 Å². The van der Waals surface area contributed by atoms with Crippen LogP contribution in [0.3, 0.4) is 0 Å². The standard InChI is InChI=1S/C27H40FN3O6S/c1-4-10-31(11-5-2)38(35,36)12-9-27(34)30-25(16-21-13-22(28)17-23(32)14-21)26(33)19-29-18-20-7-6-8-24(15-20)37-3/h6-8,13-15,17,25-26,29,32-33H,4-5,9-12,16,18-19H2,1-3H3,(H,30,34)/t25-,26+/m0/s1. The van der Waals surface area contributed by atoms with Crippen LogP contribution < -0.4 is 15.4 Å². The van der Waals surface area contributed by atoms with Gasteiger partial charge >= 0.3 is 0 Å². The van der Waals surface area contributed by atoms with Crippen LogP contribution in [0.2, 0.25) is 0 Å². The molecule has 0 radical (unpaired) electrons. The summed E-state index contributed by atoms with van der Waals surface area (Å²) in [5.41, 5.74) is 1.31. The molecule has 0 aliphatic carbocycles. The summed E-state index contributed by atoms with van der Waals surface area (Å²) in [5, 5.41) is 26.5. The number of aliphatic hydroxyl groups is 1. The minimum Gasteiger partial charge on any atom is -0.508 e. The van der Waals surface area contributed by atoms with Gasteiger partial charge in [-0.15, -0.1) is 0 Å². The summed E-state index contributed by atoms with van der Waals surface area (Å²) in [6.45, 7) is 5.09. The van der Waals surface area contributed by atoms with Gasteiger partial charge in [-0.2, -0.15) is 0 Å². The van der Waals surface area contributed by atoms with E-state index in [2.05, 4.69) is 10.6 Å². The lowest BCUT2D eigenvalue weighted by Crippen LogP contribution is -2.49. The van der Waals surface area contributed by atoms with Crippen LogP contribution >= 0.6 is 0 Å². The number of benzene rings is 2. The van der Waals surface area contributed by atoms with Crippen LogP contribution in [-0.2, 0) is 27.8 Å². The molecular formula is C27H40FN3O6S. The molecule has 2 aromatic rings. The minimum atomic E-state index is -3.61. The van der Waals surface area contributed by atoms with E-state index in [0.717, 1.165) is 11.6 Å². The zero-order valence-corrected chi connectivity index (χ0v) is 23.1. The molecule has 1 amide bonds. The van der Waals surface area contributed by atoms with Crippen molar-refractivity contribution in [3.63, 3.8) is 0 Å². The van der Waals surface area contributed by atoms with Crippen LogP contribution in [0.1, 0.15) is 44.2 Å². The Bertz CT molecular complexity index is 1110. The maximum absolute atomic E-state index is 13.8. The zero-order valence-electron chi connectivity index (χ0n) is 22.3. The number of amides is 1. The number of methoxy groups -OCH3 is 1. The van der Waals surface area contributed by atoms with Gasteiger partial charge in [0, 0.05) is 38.7 Å². The Balaban J connectivity index is 2.07. The topological polar surface area (TPSA) is 128 Å². The van der Waals surface area contributed by atoms with Crippen molar-refractivity contribution in [2.45, 2.75) is 58.2 Å². The summed E-state index contributed by atoms with van der Waals surface area (Å²) in [4.78, 5) is 12.8. The second kappa shape index (κ2) is 15.6. The highest BCUT2D eigenvalue weighted by atomic mass is 32.2. The molecule has 2 aromatic carbocycles. The number of nitrogens with zero attached hydrogens (tertiary/aromatic N) is 1. The molecule has 0 saturated heterocycles. The molecule has 0 fully saturated rings. The summed E-state index contributed by atoms with van der Waals surface area (Å²) >= 11 is 0. The molecule has 0 aliphatic heterocycles. The molecule has 0 heterocycles.